The monoisotopic (exact) mass is 892 g/mol. The van der Waals surface area contributed by atoms with Crippen LogP contribution in [-0.2, 0) is 9.59 Å². The second kappa shape index (κ2) is 18.3. The number of ketones is 1. The molecule has 5 heterocycles. The Labute approximate surface area is 382 Å². The molecule has 4 atom stereocenters. The number of hydrogen-bond acceptors (Lipinski definition) is 12. The minimum atomic E-state index is -0.590. The second-order valence-corrected chi connectivity index (χ2v) is 17.5. The Balaban J connectivity index is 0.784. The lowest BCUT2D eigenvalue weighted by molar-refractivity contribution is -0.127. The number of rotatable bonds is 15. The molecule has 0 unspecified atom stereocenters. The van der Waals surface area contributed by atoms with Crippen molar-refractivity contribution in [3.63, 3.8) is 0 Å². The summed E-state index contributed by atoms with van der Waals surface area (Å²) in [7, 11) is 1.54. The van der Waals surface area contributed by atoms with E-state index >= 15 is 0 Å². The molecule has 9 rings (SSSR count). The number of carbonyl (C=O) groups excluding carboxylic acids is 4. The number of carbonyl (C=O) groups is 4. The molecule has 0 aliphatic carbocycles. The minimum absolute atomic E-state index is 0.00743. The smallest absolute Gasteiger partial charge is 0.260 e. The fraction of sp³-hybridized carbons (Fsp3) is 0.333. The Morgan fingerprint density at radius 2 is 1.36 bits per heavy atom. The van der Waals surface area contributed by atoms with Gasteiger partial charge in [0.1, 0.15) is 5.75 Å². The highest BCUT2D eigenvalue weighted by molar-refractivity contribution is 6.06. The lowest BCUT2D eigenvalue weighted by Crippen LogP contribution is -2.37. The Hall–Kier alpha value is -7.26. The van der Waals surface area contributed by atoms with E-state index in [0.717, 1.165) is 27.8 Å². The van der Waals surface area contributed by atoms with Gasteiger partial charge in [-0.2, -0.15) is 0 Å². The molecular weight excluding hydrogens is 841 g/mol. The molecule has 5 aliphatic heterocycles. The molecule has 0 radical (unpaired) electrons. The fourth-order valence-electron chi connectivity index (χ4n) is 8.61. The summed E-state index contributed by atoms with van der Waals surface area (Å²) in [6.45, 7) is 8.23. The zero-order valence-electron chi connectivity index (χ0n) is 37.5. The van der Waals surface area contributed by atoms with Crippen molar-refractivity contribution in [2.45, 2.75) is 71.5 Å². The van der Waals surface area contributed by atoms with E-state index in [1.807, 2.05) is 81.7 Å². The average Bonchev–Trinajstić information content (AvgIpc) is 4.05. The van der Waals surface area contributed by atoms with Crippen molar-refractivity contribution in [2.75, 3.05) is 32.4 Å². The standard InChI is InChI=1S/C51H52N6O9/c1-28(2)48(52)42(58)16-30(4)49(59)55-35-10-7-31(8-11-35)33-17-36-23-53-40-21-44(29(3)15-38(40)50(60)56(36)25-33)63-13-6-14-64-47-22-41-39(20-45(47)62-5)51(61)57-26-34(18-37(57)24-54-41)32-9-12-43-46(19-32)66-27-65-43/h7-12,15,19-26,28,30,36-37,48H,6,13-14,16-18,27,52H2,1-5H3,(H,55,59)/t30-,36+,37+,48+/m1/s1. The summed E-state index contributed by atoms with van der Waals surface area (Å²) in [4.78, 5) is 65.9. The van der Waals surface area contributed by atoms with Gasteiger partial charge in [-0.05, 0) is 77.1 Å². The molecule has 0 fully saturated rings. The van der Waals surface area contributed by atoms with Crippen molar-refractivity contribution in [3.05, 3.63) is 107 Å². The molecule has 4 aromatic carbocycles. The number of methoxy groups -OCH3 is 1. The van der Waals surface area contributed by atoms with Crippen LogP contribution in [0.5, 0.6) is 28.7 Å². The maximum atomic E-state index is 13.9. The third-order valence-electron chi connectivity index (χ3n) is 12.6. The Kier molecular flexibility index (Phi) is 12.2. The third-order valence-corrected chi connectivity index (χ3v) is 12.6. The summed E-state index contributed by atoms with van der Waals surface area (Å²) >= 11 is 0. The molecule has 0 aromatic heterocycles. The quantitative estimate of drug-likeness (QED) is 0.111. The first kappa shape index (κ1) is 44.0. The van der Waals surface area contributed by atoms with Crippen LogP contribution < -0.4 is 34.7 Å². The van der Waals surface area contributed by atoms with Gasteiger partial charge in [0, 0.05) is 74.3 Å². The van der Waals surface area contributed by atoms with Crippen LogP contribution in [0.1, 0.15) is 83.9 Å². The number of benzene rings is 4. The number of anilines is 1. The normalized spacial score (nSPS) is 18.7. The molecule has 3 amide bonds. The molecular formula is C51H52N6O9. The van der Waals surface area contributed by atoms with Crippen molar-refractivity contribution in [3.8, 4) is 28.7 Å². The van der Waals surface area contributed by atoms with Crippen molar-refractivity contribution in [1.29, 1.82) is 0 Å². The molecule has 0 spiro atoms. The maximum absolute atomic E-state index is 13.9. The number of ether oxygens (including phenoxy) is 5. The molecule has 340 valence electrons. The van der Waals surface area contributed by atoms with E-state index in [1.165, 1.54) is 7.11 Å². The number of hydrogen-bond donors (Lipinski definition) is 2. The lowest BCUT2D eigenvalue weighted by atomic mass is 9.93. The van der Waals surface area contributed by atoms with E-state index in [1.54, 1.807) is 47.4 Å². The summed E-state index contributed by atoms with van der Waals surface area (Å²) < 4.78 is 29.0. The van der Waals surface area contributed by atoms with Crippen LogP contribution in [0.15, 0.2) is 89.1 Å². The zero-order valence-corrected chi connectivity index (χ0v) is 37.5. The third kappa shape index (κ3) is 8.77. The van der Waals surface area contributed by atoms with Crippen molar-refractivity contribution in [2.24, 2.45) is 27.6 Å². The zero-order chi connectivity index (χ0) is 46.2. The molecule has 3 N–H and O–H groups in total. The minimum Gasteiger partial charge on any atom is -0.493 e. The number of fused-ring (bicyclic) bond motifs is 5. The number of aryl methyl sites for hydroxylation is 1. The van der Waals surface area contributed by atoms with Gasteiger partial charge in [-0.25, -0.2) is 0 Å². The van der Waals surface area contributed by atoms with E-state index in [4.69, 9.17) is 39.4 Å². The molecule has 15 nitrogen and oxygen atoms in total. The molecule has 0 saturated carbocycles. The molecule has 4 aromatic rings. The van der Waals surface area contributed by atoms with Crippen LogP contribution in [0.2, 0.25) is 0 Å². The van der Waals surface area contributed by atoms with Crippen LogP contribution >= 0.6 is 0 Å². The van der Waals surface area contributed by atoms with Gasteiger partial charge in [-0.1, -0.05) is 39.0 Å². The van der Waals surface area contributed by atoms with Gasteiger partial charge < -0.3 is 44.5 Å². The van der Waals surface area contributed by atoms with E-state index in [-0.39, 0.29) is 54.7 Å². The van der Waals surface area contributed by atoms with E-state index in [2.05, 4.69) is 5.32 Å². The van der Waals surface area contributed by atoms with Gasteiger partial charge in [-0.3, -0.25) is 29.2 Å². The second-order valence-electron chi connectivity index (χ2n) is 17.5. The topological polar surface area (TPSA) is 184 Å². The molecule has 5 aliphatic rings. The predicted octanol–water partition coefficient (Wildman–Crippen LogP) is 8.04. The van der Waals surface area contributed by atoms with Crippen LogP contribution in [0.4, 0.5) is 17.1 Å². The Morgan fingerprint density at radius 1 is 0.773 bits per heavy atom. The average molecular weight is 893 g/mol. The number of Topliss-reactive ketones (excluding diaryl/α,β-unsaturated/α-hetero) is 1. The Morgan fingerprint density at radius 3 is 2.02 bits per heavy atom. The first-order valence-corrected chi connectivity index (χ1v) is 22.2. The molecule has 0 bridgehead atoms. The van der Waals surface area contributed by atoms with Crippen molar-refractivity contribution in [1.82, 2.24) is 9.80 Å². The van der Waals surface area contributed by atoms with Crippen molar-refractivity contribution < 1.29 is 42.9 Å². The highest BCUT2D eigenvalue weighted by Crippen LogP contribution is 2.42. The summed E-state index contributed by atoms with van der Waals surface area (Å²) in [5, 5.41) is 2.90. The van der Waals surface area contributed by atoms with E-state index in [0.29, 0.717) is 89.4 Å². The lowest BCUT2D eigenvalue weighted by Gasteiger charge is -2.19. The highest BCUT2D eigenvalue weighted by atomic mass is 16.7. The van der Waals surface area contributed by atoms with Gasteiger partial charge in [0.2, 0.25) is 12.7 Å². The summed E-state index contributed by atoms with van der Waals surface area (Å²) in [6, 6.07) is 19.2. The largest absolute Gasteiger partial charge is 0.493 e. The number of amides is 3. The van der Waals surface area contributed by atoms with Gasteiger partial charge in [0.15, 0.2) is 28.8 Å². The van der Waals surface area contributed by atoms with Gasteiger partial charge in [-0.15, -0.1) is 0 Å². The predicted molar refractivity (Wildman–Crippen MR) is 250 cm³/mol. The van der Waals surface area contributed by atoms with Crippen LogP contribution in [-0.4, -0.2) is 91.0 Å². The first-order chi connectivity index (χ1) is 31.8. The summed E-state index contributed by atoms with van der Waals surface area (Å²) in [5.74, 6) is 1.69. The van der Waals surface area contributed by atoms with Crippen molar-refractivity contribution >= 4 is 64.1 Å². The van der Waals surface area contributed by atoms with E-state index < -0.39 is 12.0 Å². The number of nitrogens with one attached hydrogen (secondary N) is 1. The SMILES string of the molecule is COc1cc2c(cc1OCCCOc1cc3c(cc1C)C(=O)N1C=C(c4ccc(NC(=O)[C@H](C)CC(=O)[C@@H](N)C(C)C)cc4)C[C@H]1C=N3)N=C[C@@H]1CC(c3ccc4c(c3)OCO4)=CN1C2=O. The highest BCUT2D eigenvalue weighted by Gasteiger charge is 2.35. The molecule has 15 heteroatoms. The summed E-state index contributed by atoms with van der Waals surface area (Å²) in [5.41, 5.74) is 13.2. The van der Waals surface area contributed by atoms with Crippen LogP contribution in [0, 0.1) is 18.8 Å². The first-order valence-electron chi connectivity index (χ1n) is 22.2. The van der Waals surface area contributed by atoms with Gasteiger partial charge >= 0.3 is 0 Å². The fourth-order valence-corrected chi connectivity index (χ4v) is 8.61. The van der Waals surface area contributed by atoms with Crippen LogP contribution in [0.3, 0.4) is 0 Å². The van der Waals surface area contributed by atoms with Gasteiger partial charge in [0.25, 0.3) is 11.8 Å². The van der Waals surface area contributed by atoms with Crippen LogP contribution in [0.25, 0.3) is 11.1 Å². The number of nitrogens with two attached hydrogens (primary N) is 1. The van der Waals surface area contributed by atoms with Gasteiger partial charge in [0.05, 0.1) is 61.0 Å². The Bertz CT molecular complexity index is 2740. The number of aliphatic imine (C=N–C) groups is 2. The summed E-state index contributed by atoms with van der Waals surface area (Å²) in [6.07, 6.45) is 9.15. The molecule has 0 saturated heterocycles. The number of nitrogens with zero attached hydrogens (tertiary/aromatic N) is 4. The molecule has 66 heavy (non-hydrogen) atoms. The van der Waals surface area contributed by atoms with E-state index in [9.17, 15) is 19.2 Å². The maximum Gasteiger partial charge on any atom is 0.260 e.